The van der Waals surface area contributed by atoms with Crippen molar-refractivity contribution in [3.05, 3.63) is 33.8 Å². The predicted molar refractivity (Wildman–Crippen MR) is 72.6 cm³/mol. The summed E-state index contributed by atoms with van der Waals surface area (Å²) in [7, 11) is 0. The highest BCUT2D eigenvalue weighted by molar-refractivity contribution is 9.10. The average Bonchev–Trinajstić information content (AvgIpc) is 2.18. The number of hydrogen-bond donors (Lipinski definition) is 1. The first-order valence-corrected chi connectivity index (χ1v) is 5.96. The third-order valence-electron chi connectivity index (χ3n) is 2.49. The Bertz CT molecular complexity index is 302. The van der Waals surface area contributed by atoms with Crippen molar-refractivity contribution in [2.45, 2.75) is 39.2 Å². The van der Waals surface area contributed by atoms with E-state index in [0.717, 1.165) is 10.9 Å². The summed E-state index contributed by atoms with van der Waals surface area (Å²) in [5.41, 5.74) is 8.57. The van der Waals surface area contributed by atoms with Crippen LogP contribution >= 0.6 is 28.3 Å². The molecular weight excluding hydrogens is 273 g/mol. The minimum Gasteiger partial charge on any atom is -0.324 e. The molecule has 1 aromatic carbocycles. The Morgan fingerprint density at radius 2 is 2.07 bits per heavy atom. The number of benzene rings is 1. The van der Waals surface area contributed by atoms with E-state index in [2.05, 4.69) is 48.0 Å². The quantitative estimate of drug-likeness (QED) is 0.876. The summed E-state index contributed by atoms with van der Waals surface area (Å²) in [4.78, 5) is 0. The molecule has 0 aliphatic rings. The molecule has 3 heteroatoms. The normalized spacial score (nSPS) is 12.0. The van der Waals surface area contributed by atoms with E-state index in [9.17, 15) is 0 Å². The number of unbranched alkanes of at least 4 members (excludes halogenated alkanes) is 1. The van der Waals surface area contributed by atoms with Gasteiger partial charge in [0.1, 0.15) is 0 Å². The number of hydrogen-bond acceptors (Lipinski definition) is 1. The molecule has 0 fully saturated rings. The molecule has 86 valence electrons. The van der Waals surface area contributed by atoms with E-state index in [4.69, 9.17) is 5.73 Å². The van der Waals surface area contributed by atoms with Crippen molar-refractivity contribution in [2.75, 3.05) is 0 Å². The number of aryl methyl sites for hydroxylation is 1. The maximum atomic E-state index is 6.08. The van der Waals surface area contributed by atoms with Gasteiger partial charge in [0.05, 0.1) is 0 Å². The lowest BCUT2D eigenvalue weighted by atomic mass is 10.0. The van der Waals surface area contributed by atoms with Crippen LogP contribution in [0.2, 0.25) is 0 Å². The second-order valence-electron chi connectivity index (χ2n) is 3.76. The molecule has 0 aromatic heterocycles. The summed E-state index contributed by atoms with van der Waals surface area (Å²) in [6.45, 7) is 4.28. The smallest absolute Gasteiger partial charge is 0.0295 e. The van der Waals surface area contributed by atoms with Gasteiger partial charge in [-0.25, -0.2) is 0 Å². The molecule has 0 unspecified atom stereocenters. The highest BCUT2D eigenvalue weighted by atomic mass is 79.9. The minimum absolute atomic E-state index is 0. The topological polar surface area (TPSA) is 26.0 Å². The SMILES string of the molecule is CCCC[C@H](N)c1ccc(C)c(Br)c1.Cl. The van der Waals surface area contributed by atoms with Gasteiger partial charge in [0.25, 0.3) is 0 Å². The second-order valence-corrected chi connectivity index (χ2v) is 4.61. The molecule has 0 aliphatic heterocycles. The fraction of sp³-hybridized carbons (Fsp3) is 0.500. The molecule has 0 heterocycles. The van der Waals surface area contributed by atoms with Crippen LogP contribution in [0.25, 0.3) is 0 Å². The highest BCUT2D eigenvalue weighted by Gasteiger charge is 2.06. The third-order valence-corrected chi connectivity index (χ3v) is 3.35. The molecule has 0 bridgehead atoms. The monoisotopic (exact) mass is 291 g/mol. The van der Waals surface area contributed by atoms with Crippen molar-refractivity contribution in [1.29, 1.82) is 0 Å². The zero-order chi connectivity index (χ0) is 10.6. The highest BCUT2D eigenvalue weighted by Crippen LogP contribution is 2.23. The summed E-state index contributed by atoms with van der Waals surface area (Å²) in [6.07, 6.45) is 3.49. The van der Waals surface area contributed by atoms with Crippen LogP contribution in [0.1, 0.15) is 43.4 Å². The second kappa shape index (κ2) is 7.26. The van der Waals surface area contributed by atoms with Gasteiger partial charge in [-0.05, 0) is 30.5 Å². The van der Waals surface area contributed by atoms with Crippen molar-refractivity contribution < 1.29 is 0 Å². The zero-order valence-corrected chi connectivity index (χ0v) is 11.7. The van der Waals surface area contributed by atoms with Gasteiger partial charge in [-0.15, -0.1) is 12.4 Å². The molecule has 0 spiro atoms. The molecule has 0 saturated heterocycles. The van der Waals surface area contributed by atoms with E-state index in [0.29, 0.717) is 0 Å². The summed E-state index contributed by atoms with van der Waals surface area (Å²) < 4.78 is 1.15. The van der Waals surface area contributed by atoms with Crippen LogP contribution in [0.15, 0.2) is 22.7 Å². The average molecular weight is 293 g/mol. The summed E-state index contributed by atoms with van der Waals surface area (Å²) in [5.74, 6) is 0. The van der Waals surface area contributed by atoms with E-state index in [1.807, 2.05) is 0 Å². The van der Waals surface area contributed by atoms with E-state index >= 15 is 0 Å². The van der Waals surface area contributed by atoms with Gasteiger partial charge < -0.3 is 5.73 Å². The van der Waals surface area contributed by atoms with E-state index in [1.54, 1.807) is 0 Å². The Hall–Kier alpha value is -0.0500. The van der Waals surface area contributed by atoms with Crippen LogP contribution in [0.4, 0.5) is 0 Å². The van der Waals surface area contributed by atoms with Gasteiger partial charge in [0, 0.05) is 10.5 Å². The molecule has 1 nitrogen and oxygen atoms in total. The first kappa shape index (κ1) is 14.9. The van der Waals surface area contributed by atoms with Crippen LogP contribution in [-0.4, -0.2) is 0 Å². The number of nitrogens with two attached hydrogens (primary N) is 1. The zero-order valence-electron chi connectivity index (χ0n) is 9.29. The van der Waals surface area contributed by atoms with E-state index in [1.165, 1.54) is 24.0 Å². The first-order valence-electron chi connectivity index (χ1n) is 5.16. The Kier molecular flexibility index (Phi) is 7.24. The summed E-state index contributed by atoms with van der Waals surface area (Å²) in [5, 5.41) is 0. The fourth-order valence-corrected chi connectivity index (χ4v) is 1.83. The molecule has 1 rings (SSSR count). The molecule has 1 aromatic rings. The lowest BCUT2D eigenvalue weighted by Gasteiger charge is -2.12. The van der Waals surface area contributed by atoms with Crippen LogP contribution in [0, 0.1) is 6.92 Å². The van der Waals surface area contributed by atoms with E-state index < -0.39 is 0 Å². The van der Waals surface area contributed by atoms with Crippen LogP contribution in [0.5, 0.6) is 0 Å². The van der Waals surface area contributed by atoms with Crippen molar-refractivity contribution in [3.8, 4) is 0 Å². The van der Waals surface area contributed by atoms with Crippen molar-refractivity contribution in [2.24, 2.45) is 5.73 Å². The predicted octanol–water partition coefficient (Wildman–Crippen LogP) is 4.37. The molecule has 2 N–H and O–H groups in total. The Morgan fingerprint density at radius 3 is 2.60 bits per heavy atom. The number of rotatable bonds is 4. The molecule has 1 atom stereocenters. The van der Waals surface area contributed by atoms with Gasteiger partial charge in [-0.2, -0.15) is 0 Å². The molecule has 15 heavy (non-hydrogen) atoms. The summed E-state index contributed by atoms with van der Waals surface area (Å²) >= 11 is 3.53. The fourth-order valence-electron chi connectivity index (χ4n) is 1.43. The Morgan fingerprint density at radius 1 is 1.40 bits per heavy atom. The molecule has 0 saturated carbocycles. The van der Waals surface area contributed by atoms with Crippen LogP contribution < -0.4 is 5.73 Å². The van der Waals surface area contributed by atoms with Crippen LogP contribution in [-0.2, 0) is 0 Å². The lowest BCUT2D eigenvalue weighted by molar-refractivity contribution is 0.603. The van der Waals surface area contributed by atoms with Crippen molar-refractivity contribution in [3.63, 3.8) is 0 Å². The minimum atomic E-state index is 0. The van der Waals surface area contributed by atoms with E-state index in [-0.39, 0.29) is 18.4 Å². The molecular formula is C12H19BrClN. The maximum Gasteiger partial charge on any atom is 0.0295 e. The van der Waals surface area contributed by atoms with Gasteiger partial charge in [-0.1, -0.05) is 47.8 Å². The Balaban J connectivity index is 0.00000196. The van der Waals surface area contributed by atoms with Crippen molar-refractivity contribution in [1.82, 2.24) is 0 Å². The lowest BCUT2D eigenvalue weighted by Crippen LogP contribution is -2.09. The maximum absolute atomic E-state index is 6.08. The standard InChI is InChI=1S/C12H18BrN.ClH/c1-3-4-5-12(14)10-7-6-9(2)11(13)8-10;/h6-8,12H,3-5,14H2,1-2H3;1H/t12-;/m0./s1. The van der Waals surface area contributed by atoms with Crippen molar-refractivity contribution >= 4 is 28.3 Å². The van der Waals surface area contributed by atoms with Gasteiger partial charge >= 0.3 is 0 Å². The third kappa shape index (κ3) is 4.54. The molecule has 0 aliphatic carbocycles. The largest absolute Gasteiger partial charge is 0.324 e. The molecule has 0 amide bonds. The first-order chi connectivity index (χ1) is 6.65. The number of halogens is 2. The summed E-state index contributed by atoms with van der Waals surface area (Å²) in [6, 6.07) is 6.56. The molecule has 0 radical (unpaired) electrons. The van der Waals surface area contributed by atoms with Gasteiger partial charge in [0.15, 0.2) is 0 Å². The van der Waals surface area contributed by atoms with Crippen LogP contribution in [0.3, 0.4) is 0 Å². The van der Waals surface area contributed by atoms with Gasteiger partial charge in [0.2, 0.25) is 0 Å². The Labute approximate surface area is 107 Å². The van der Waals surface area contributed by atoms with Gasteiger partial charge in [-0.3, -0.25) is 0 Å².